The number of anilines is 2. The van der Waals surface area contributed by atoms with E-state index in [4.69, 9.17) is 5.73 Å². The minimum absolute atomic E-state index is 0.158. The van der Waals surface area contributed by atoms with Crippen molar-refractivity contribution in [3.8, 4) is 0 Å². The van der Waals surface area contributed by atoms with Crippen molar-refractivity contribution in [3.63, 3.8) is 0 Å². The lowest BCUT2D eigenvalue weighted by atomic mass is 10.1. The first-order valence-electron chi connectivity index (χ1n) is 5.59. The van der Waals surface area contributed by atoms with Crippen molar-refractivity contribution in [2.45, 2.75) is 6.18 Å². The summed E-state index contributed by atoms with van der Waals surface area (Å²) in [6.07, 6.45) is -4.46. The van der Waals surface area contributed by atoms with Crippen LogP contribution in [-0.2, 0) is 9.47 Å². The third-order valence-corrected chi connectivity index (χ3v) is 2.26. The highest BCUT2D eigenvalue weighted by Crippen LogP contribution is 2.22. The Hall–Kier alpha value is -1.96. The highest BCUT2D eigenvalue weighted by atomic mass is 19.4. The predicted molar refractivity (Wildman–Crippen MR) is 67.5 cm³/mol. The second-order valence-corrected chi connectivity index (χ2v) is 4.18. The number of nitrogens with two attached hydrogens (primary N) is 1. The van der Waals surface area contributed by atoms with Crippen molar-refractivity contribution in [1.82, 2.24) is 0 Å². The van der Waals surface area contributed by atoms with E-state index in [1.807, 2.05) is 0 Å². The molecule has 0 aromatic heterocycles. The average Bonchev–Trinajstić information content (AvgIpc) is 2.32. The van der Waals surface area contributed by atoms with Gasteiger partial charge in [0.15, 0.2) is 6.79 Å². The molecule has 0 heterocycles. The number of halogens is 3. The minimum Gasteiger partial charge on any atom is -0.435 e. The van der Waals surface area contributed by atoms with Crippen molar-refractivity contribution < 1.29 is 27.4 Å². The standard InChI is InChI=1S/C12H15F3N2O3/c1-17(2)10-4-3-8(16)5-9(10)11(18)20-7-19-6-12(13,14)15/h3-5H,6-7,16H2,1-2H3. The van der Waals surface area contributed by atoms with Crippen LogP contribution in [0.2, 0.25) is 0 Å². The van der Waals surface area contributed by atoms with E-state index in [0.29, 0.717) is 11.4 Å². The van der Waals surface area contributed by atoms with Crippen LogP contribution in [0.3, 0.4) is 0 Å². The number of rotatable bonds is 5. The molecule has 0 spiro atoms. The molecule has 0 fully saturated rings. The first-order valence-corrected chi connectivity index (χ1v) is 5.59. The van der Waals surface area contributed by atoms with Gasteiger partial charge in [0, 0.05) is 19.8 Å². The lowest BCUT2D eigenvalue weighted by molar-refractivity contribution is -0.190. The highest BCUT2D eigenvalue weighted by Gasteiger charge is 2.27. The quantitative estimate of drug-likeness (QED) is 0.389. The van der Waals surface area contributed by atoms with Gasteiger partial charge in [0.05, 0.1) is 11.3 Å². The molecule has 2 N–H and O–H groups in total. The molecule has 0 radical (unpaired) electrons. The molecular weight excluding hydrogens is 277 g/mol. The van der Waals surface area contributed by atoms with Gasteiger partial charge in [-0.3, -0.25) is 0 Å². The molecule has 0 aliphatic heterocycles. The van der Waals surface area contributed by atoms with Gasteiger partial charge in [0.25, 0.3) is 0 Å². The zero-order valence-corrected chi connectivity index (χ0v) is 11.0. The smallest absolute Gasteiger partial charge is 0.411 e. The van der Waals surface area contributed by atoms with Gasteiger partial charge in [-0.15, -0.1) is 0 Å². The number of nitrogen functional groups attached to an aromatic ring is 1. The van der Waals surface area contributed by atoms with E-state index in [9.17, 15) is 18.0 Å². The fraction of sp³-hybridized carbons (Fsp3) is 0.417. The molecule has 0 unspecified atom stereocenters. The number of hydrogen-bond acceptors (Lipinski definition) is 5. The topological polar surface area (TPSA) is 64.8 Å². The Balaban J connectivity index is 2.65. The molecule has 8 heteroatoms. The normalized spacial score (nSPS) is 11.2. The molecule has 1 aromatic rings. The summed E-state index contributed by atoms with van der Waals surface area (Å²) in [4.78, 5) is 13.4. The molecule has 1 rings (SSSR count). The largest absolute Gasteiger partial charge is 0.435 e. The lowest BCUT2D eigenvalue weighted by Crippen LogP contribution is -2.20. The molecule has 0 amide bonds. The van der Waals surface area contributed by atoms with Gasteiger partial charge >= 0.3 is 12.1 Å². The van der Waals surface area contributed by atoms with Gasteiger partial charge in [0.1, 0.15) is 6.61 Å². The van der Waals surface area contributed by atoms with Crippen LogP contribution in [-0.4, -0.2) is 39.6 Å². The summed E-state index contributed by atoms with van der Waals surface area (Å²) in [5.41, 5.74) is 6.62. The Labute approximate surface area is 114 Å². The van der Waals surface area contributed by atoms with Gasteiger partial charge in [-0.2, -0.15) is 13.2 Å². The molecule has 20 heavy (non-hydrogen) atoms. The van der Waals surface area contributed by atoms with Gasteiger partial charge in [-0.25, -0.2) is 4.79 Å². The number of hydrogen-bond donors (Lipinski definition) is 1. The van der Waals surface area contributed by atoms with Crippen molar-refractivity contribution >= 4 is 17.3 Å². The first-order chi connectivity index (χ1) is 9.20. The average molecular weight is 292 g/mol. The van der Waals surface area contributed by atoms with E-state index in [-0.39, 0.29) is 5.56 Å². The molecular formula is C12H15F3N2O3. The van der Waals surface area contributed by atoms with Gasteiger partial charge in [-0.1, -0.05) is 0 Å². The molecule has 5 nitrogen and oxygen atoms in total. The molecule has 0 saturated heterocycles. The summed E-state index contributed by atoms with van der Waals surface area (Å²) >= 11 is 0. The van der Waals surface area contributed by atoms with Crippen molar-refractivity contribution in [2.75, 3.05) is 38.1 Å². The summed E-state index contributed by atoms with van der Waals surface area (Å²) in [7, 11) is 3.42. The van der Waals surface area contributed by atoms with Gasteiger partial charge < -0.3 is 20.1 Å². The maximum atomic E-state index is 11.8. The number of ether oxygens (including phenoxy) is 2. The maximum Gasteiger partial charge on any atom is 0.411 e. The van der Waals surface area contributed by atoms with E-state index in [1.54, 1.807) is 31.1 Å². The van der Waals surface area contributed by atoms with Crippen LogP contribution in [0, 0.1) is 0 Å². The second kappa shape index (κ2) is 6.47. The van der Waals surface area contributed by atoms with Crippen LogP contribution in [0.4, 0.5) is 24.5 Å². The van der Waals surface area contributed by atoms with Gasteiger partial charge in [0.2, 0.25) is 0 Å². The summed E-state index contributed by atoms with van der Waals surface area (Å²) in [5, 5.41) is 0. The Morgan fingerprint density at radius 1 is 1.35 bits per heavy atom. The third kappa shape index (κ3) is 4.96. The summed E-state index contributed by atoms with van der Waals surface area (Å²) in [6.45, 7) is -2.25. The molecule has 0 aliphatic rings. The molecule has 0 bridgehead atoms. The van der Waals surface area contributed by atoms with Crippen LogP contribution >= 0.6 is 0 Å². The summed E-state index contributed by atoms with van der Waals surface area (Å²) in [6, 6.07) is 4.61. The zero-order chi connectivity index (χ0) is 15.3. The molecule has 0 aliphatic carbocycles. The second-order valence-electron chi connectivity index (χ2n) is 4.18. The fourth-order valence-corrected chi connectivity index (χ4v) is 1.44. The molecule has 112 valence electrons. The monoisotopic (exact) mass is 292 g/mol. The van der Waals surface area contributed by atoms with Crippen molar-refractivity contribution in [1.29, 1.82) is 0 Å². The van der Waals surface area contributed by atoms with E-state index in [0.717, 1.165) is 0 Å². The fourth-order valence-electron chi connectivity index (χ4n) is 1.44. The minimum atomic E-state index is -4.46. The van der Waals surface area contributed by atoms with E-state index in [2.05, 4.69) is 9.47 Å². The third-order valence-electron chi connectivity index (χ3n) is 2.26. The predicted octanol–water partition coefficient (Wildman–Crippen LogP) is 2.03. The number of carbonyl (C=O) groups excluding carboxylic acids is 1. The maximum absolute atomic E-state index is 11.8. The van der Waals surface area contributed by atoms with Gasteiger partial charge in [-0.05, 0) is 18.2 Å². The Morgan fingerprint density at radius 2 is 2.00 bits per heavy atom. The highest BCUT2D eigenvalue weighted by molar-refractivity contribution is 5.96. The van der Waals surface area contributed by atoms with Crippen LogP contribution in [0.25, 0.3) is 0 Å². The number of carbonyl (C=O) groups is 1. The molecule has 0 saturated carbocycles. The number of esters is 1. The Bertz CT molecular complexity index is 476. The van der Waals surface area contributed by atoms with E-state index in [1.165, 1.54) is 6.07 Å². The number of benzene rings is 1. The number of nitrogens with zero attached hydrogens (tertiary/aromatic N) is 1. The van der Waals surface area contributed by atoms with Crippen LogP contribution in [0.15, 0.2) is 18.2 Å². The Morgan fingerprint density at radius 3 is 2.55 bits per heavy atom. The van der Waals surface area contributed by atoms with Crippen molar-refractivity contribution in [2.24, 2.45) is 0 Å². The van der Waals surface area contributed by atoms with E-state index >= 15 is 0 Å². The summed E-state index contributed by atoms with van der Waals surface area (Å²) in [5.74, 6) is -0.803. The van der Waals surface area contributed by atoms with Crippen LogP contribution in [0.1, 0.15) is 10.4 Å². The van der Waals surface area contributed by atoms with Crippen LogP contribution < -0.4 is 10.6 Å². The number of alkyl halides is 3. The molecule has 0 atom stereocenters. The zero-order valence-electron chi connectivity index (χ0n) is 11.0. The lowest BCUT2D eigenvalue weighted by Gasteiger charge is -2.17. The first kappa shape index (κ1) is 16.1. The van der Waals surface area contributed by atoms with Crippen LogP contribution in [0.5, 0.6) is 0 Å². The SMILES string of the molecule is CN(C)c1ccc(N)cc1C(=O)OCOCC(F)(F)F. The van der Waals surface area contributed by atoms with E-state index < -0.39 is 25.5 Å². The molecule has 1 aromatic carbocycles. The summed E-state index contributed by atoms with van der Waals surface area (Å²) < 4.78 is 44.3. The van der Waals surface area contributed by atoms with Crippen molar-refractivity contribution in [3.05, 3.63) is 23.8 Å². The Kier molecular flexibility index (Phi) is 5.20.